The molecule has 0 unspecified atom stereocenters. The standard InChI is InChI=1S/C7H9F3O3/c1-2-13-6(12)3-5(4-11)7(8,9)10/h4-5H,2-3H2,1H3/t5-/m0/s1. The molecule has 6 heteroatoms. The molecule has 0 aliphatic carbocycles. The van der Waals surface area contributed by atoms with Crippen LogP contribution in [0.4, 0.5) is 13.2 Å². The molecule has 3 nitrogen and oxygen atoms in total. The molecule has 0 N–H and O–H groups in total. The van der Waals surface area contributed by atoms with Gasteiger partial charge in [0.25, 0.3) is 0 Å². The lowest BCUT2D eigenvalue weighted by molar-refractivity contribution is -0.182. The molecule has 0 fully saturated rings. The highest BCUT2D eigenvalue weighted by Crippen LogP contribution is 2.27. The molecule has 0 radical (unpaired) electrons. The highest BCUT2D eigenvalue weighted by atomic mass is 19.4. The Balaban J connectivity index is 4.14. The molecule has 76 valence electrons. The summed E-state index contributed by atoms with van der Waals surface area (Å²) >= 11 is 0. The van der Waals surface area contributed by atoms with E-state index in [0.717, 1.165) is 0 Å². The van der Waals surface area contributed by atoms with Crippen molar-refractivity contribution < 1.29 is 27.5 Å². The summed E-state index contributed by atoms with van der Waals surface area (Å²) in [5.41, 5.74) is 0. The summed E-state index contributed by atoms with van der Waals surface area (Å²) in [6.07, 6.45) is -5.91. The SMILES string of the molecule is CCOC(=O)C[C@@H](C=O)C(F)(F)F. The Morgan fingerprint density at radius 3 is 2.38 bits per heavy atom. The summed E-state index contributed by atoms with van der Waals surface area (Å²) < 4.78 is 39.9. The van der Waals surface area contributed by atoms with E-state index in [-0.39, 0.29) is 12.9 Å². The van der Waals surface area contributed by atoms with Gasteiger partial charge in [0.2, 0.25) is 0 Å². The molecule has 0 aromatic heterocycles. The minimum absolute atomic E-state index is 0.00225. The summed E-state index contributed by atoms with van der Waals surface area (Å²) in [7, 11) is 0. The molecule has 0 heterocycles. The summed E-state index contributed by atoms with van der Waals surface area (Å²) in [4.78, 5) is 20.5. The summed E-state index contributed by atoms with van der Waals surface area (Å²) in [5, 5.41) is 0. The molecule has 0 amide bonds. The maximum absolute atomic E-state index is 11.9. The Morgan fingerprint density at radius 1 is 1.54 bits per heavy atom. The third-order valence-corrected chi connectivity index (χ3v) is 1.28. The largest absolute Gasteiger partial charge is 0.466 e. The number of ether oxygens (including phenoxy) is 1. The lowest BCUT2D eigenvalue weighted by atomic mass is 10.1. The normalized spacial score (nSPS) is 13.5. The van der Waals surface area contributed by atoms with Crippen molar-refractivity contribution in [2.24, 2.45) is 5.92 Å². The number of hydrogen-bond acceptors (Lipinski definition) is 3. The molecular weight excluding hydrogens is 189 g/mol. The zero-order valence-electron chi connectivity index (χ0n) is 6.93. The van der Waals surface area contributed by atoms with Crippen molar-refractivity contribution in [1.29, 1.82) is 0 Å². The molecule has 0 rings (SSSR count). The summed E-state index contributed by atoms with van der Waals surface area (Å²) in [6.45, 7) is 1.48. The van der Waals surface area contributed by atoms with Gasteiger partial charge in [0.1, 0.15) is 12.2 Å². The minimum atomic E-state index is -4.67. The van der Waals surface area contributed by atoms with Gasteiger partial charge in [-0.15, -0.1) is 0 Å². The predicted octanol–water partition coefficient (Wildman–Crippen LogP) is 1.32. The number of hydrogen-bond donors (Lipinski definition) is 0. The molecule has 0 bridgehead atoms. The van der Waals surface area contributed by atoms with Gasteiger partial charge in [0.15, 0.2) is 0 Å². The lowest BCUT2D eigenvalue weighted by Crippen LogP contribution is -2.27. The van der Waals surface area contributed by atoms with Crippen LogP contribution in [0.1, 0.15) is 13.3 Å². The quantitative estimate of drug-likeness (QED) is 0.505. The number of carbonyl (C=O) groups is 2. The van der Waals surface area contributed by atoms with Crippen molar-refractivity contribution in [3.8, 4) is 0 Å². The first kappa shape index (κ1) is 11.9. The summed E-state index contributed by atoms with van der Waals surface area (Å²) in [6, 6.07) is 0. The molecule has 1 atom stereocenters. The van der Waals surface area contributed by atoms with Crippen LogP contribution >= 0.6 is 0 Å². The fourth-order valence-electron chi connectivity index (χ4n) is 0.640. The Hall–Kier alpha value is -1.07. The predicted molar refractivity (Wildman–Crippen MR) is 36.9 cm³/mol. The maximum Gasteiger partial charge on any atom is 0.398 e. The zero-order valence-corrected chi connectivity index (χ0v) is 6.93. The Bertz CT molecular complexity index is 188. The highest BCUT2D eigenvalue weighted by molar-refractivity contribution is 5.74. The number of halogens is 3. The van der Waals surface area contributed by atoms with Crippen LogP contribution in [-0.2, 0) is 14.3 Å². The van der Waals surface area contributed by atoms with Crippen molar-refractivity contribution >= 4 is 12.3 Å². The van der Waals surface area contributed by atoms with E-state index in [0.29, 0.717) is 0 Å². The molecule has 0 aliphatic heterocycles. The molecule has 0 aliphatic rings. The average molecular weight is 198 g/mol. The first-order chi connectivity index (χ1) is 5.91. The second-order valence-electron chi connectivity index (χ2n) is 2.29. The molecule has 0 saturated carbocycles. The van der Waals surface area contributed by atoms with Crippen LogP contribution in [0.15, 0.2) is 0 Å². The number of aldehydes is 1. The van der Waals surface area contributed by atoms with Gasteiger partial charge in [-0.1, -0.05) is 0 Å². The van der Waals surface area contributed by atoms with Crippen LogP contribution in [-0.4, -0.2) is 25.0 Å². The van der Waals surface area contributed by atoms with Crippen LogP contribution in [0, 0.1) is 5.92 Å². The molecular formula is C7H9F3O3. The average Bonchev–Trinajstić information content (AvgIpc) is 1.98. The Kier molecular flexibility index (Phi) is 4.44. The van der Waals surface area contributed by atoms with E-state index < -0.39 is 24.5 Å². The fraction of sp³-hybridized carbons (Fsp3) is 0.714. The van der Waals surface area contributed by atoms with Crippen LogP contribution in [0.2, 0.25) is 0 Å². The van der Waals surface area contributed by atoms with E-state index >= 15 is 0 Å². The van der Waals surface area contributed by atoms with Gasteiger partial charge < -0.3 is 9.53 Å². The van der Waals surface area contributed by atoms with Crippen molar-refractivity contribution in [2.45, 2.75) is 19.5 Å². The number of esters is 1. The van der Waals surface area contributed by atoms with Gasteiger partial charge in [-0.2, -0.15) is 13.2 Å². The monoisotopic (exact) mass is 198 g/mol. The highest BCUT2D eigenvalue weighted by Gasteiger charge is 2.41. The van der Waals surface area contributed by atoms with Crippen LogP contribution in [0.3, 0.4) is 0 Å². The fourth-order valence-corrected chi connectivity index (χ4v) is 0.640. The van der Waals surface area contributed by atoms with Crippen LogP contribution in [0.25, 0.3) is 0 Å². The number of rotatable bonds is 4. The topological polar surface area (TPSA) is 43.4 Å². The molecule has 0 aromatic carbocycles. The van der Waals surface area contributed by atoms with Gasteiger partial charge in [-0.3, -0.25) is 4.79 Å². The van der Waals surface area contributed by atoms with Crippen molar-refractivity contribution in [3.05, 3.63) is 0 Å². The molecule has 0 saturated heterocycles. The molecule has 0 aromatic rings. The second-order valence-corrected chi connectivity index (χ2v) is 2.29. The zero-order chi connectivity index (χ0) is 10.5. The van der Waals surface area contributed by atoms with Gasteiger partial charge in [-0.05, 0) is 6.92 Å². The first-order valence-electron chi connectivity index (χ1n) is 3.59. The summed E-state index contributed by atoms with van der Waals surface area (Å²) in [5.74, 6) is -3.27. The third-order valence-electron chi connectivity index (χ3n) is 1.28. The van der Waals surface area contributed by atoms with E-state index in [2.05, 4.69) is 4.74 Å². The smallest absolute Gasteiger partial charge is 0.398 e. The second kappa shape index (κ2) is 4.84. The van der Waals surface area contributed by atoms with Crippen molar-refractivity contribution in [1.82, 2.24) is 0 Å². The van der Waals surface area contributed by atoms with E-state index in [4.69, 9.17) is 0 Å². The van der Waals surface area contributed by atoms with Crippen molar-refractivity contribution in [2.75, 3.05) is 6.61 Å². The van der Waals surface area contributed by atoms with E-state index in [9.17, 15) is 22.8 Å². The lowest BCUT2D eigenvalue weighted by Gasteiger charge is -2.12. The molecule has 13 heavy (non-hydrogen) atoms. The maximum atomic E-state index is 11.9. The van der Waals surface area contributed by atoms with E-state index in [1.54, 1.807) is 0 Å². The van der Waals surface area contributed by atoms with Crippen molar-refractivity contribution in [3.63, 3.8) is 0 Å². The van der Waals surface area contributed by atoms with Crippen LogP contribution in [0.5, 0.6) is 0 Å². The minimum Gasteiger partial charge on any atom is -0.466 e. The molecule has 0 spiro atoms. The third kappa shape index (κ3) is 4.49. The van der Waals surface area contributed by atoms with Gasteiger partial charge >= 0.3 is 12.1 Å². The van der Waals surface area contributed by atoms with E-state index in [1.165, 1.54) is 6.92 Å². The number of carbonyl (C=O) groups excluding carboxylic acids is 2. The van der Waals surface area contributed by atoms with Gasteiger partial charge in [0.05, 0.1) is 13.0 Å². The first-order valence-corrected chi connectivity index (χ1v) is 3.59. The Morgan fingerprint density at radius 2 is 2.08 bits per heavy atom. The Labute approximate surface area is 72.9 Å². The van der Waals surface area contributed by atoms with E-state index in [1.807, 2.05) is 0 Å². The van der Waals surface area contributed by atoms with Gasteiger partial charge in [-0.25, -0.2) is 0 Å². The number of alkyl halides is 3. The van der Waals surface area contributed by atoms with Gasteiger partial charge in [0, 0.05) is 0 Å². The van der Waals surface area contributed by atoms with Crippen LogP contribution < -0.4 is 0 Å².